The van der Waals surface area contributed by atoms with Gasteiger partial charge in [0.05, 0.1) is 0 Å². The van der Waals surface area contributed by atoms with Gasteiger partial charge in [0.25, 0.3) is 0 Å². The topological polar surface area (TPSA) is 0 Å². The van der Waals surface area contributed by atoms with Crippen LogP contribution >= 0.6 is 23.5 Å². The fraction of sp³-hybridized carbons (Fsp3) is 0.429. The predicted octanol–water partition coefficient (Wildman–Crippen LogP) is 4.68. The van der Waals surface area contributed by atoms with Crippen LogP contribution in [-0.4, -0.2) is 17.3 Å². The van der Waals surface area contributed by atoms with Gasteiger partial charge < -0.3 is 0 Å². The first-order valence-corrected chi connectivity index (χ1v) is 8.07. The summed E-state index contributed by atoms with van der Waals surface area (Å²) in [5.74, 6) is 3.91. The highest BCUT2D eigenvalue weighted by Crippen LogP contribution is 2.30. The fourth-order valence-corrected chi connectivity index (χ4v) is 3.88. The molecule has 0 aliphatic carbocycles. The van der Waals surface area contributed by atoms with Crippen LogP contribution < -0.4 is 0 Å². The molecule has 0 spiro atoms. The summed E-state index contributed by atoms with van der Waals surface area (Å²) in [6.07, 6.45) is 6.30. The quantitative estimate of drug-likeness (QED) is 0.710. The molecule has 0 amide bonds. The molecule has 0 unspecified atom stereocenters. The zero-order valence-corrected chi connectivity index (χ0v) is 11.2. The maximum Gasteiger partial charge on any atom is 0.0104 e. The molecule has 0 saturated heterocycles. The second kappa shape index (κ2) is 7.08. The van der Waals surface area contributed by atoms with Gasteiger partial charge in [-0.1, -0.05) is 36.4 Å². The molecule has 0 nitrogen and oxygen atoms in total. The van der Waals surface area contributed by atoms with Crippen LogP contribution in [0.2, 0.25) is 0 Å². The van der Waals surface area contributed by atoms with E-state index in [1.807, 2.05) is 11.8 Å². The number of hydrogen-bond acceptors (Lipinski definition) is 2. The summed E-state index contributed by atoms with van der Waals surface area (Å²) in [5, 5.41) is 0. The first-order valence-electron chi connectivity index (χ1n) is 5.93. The highest BCUT2D eigenvalue weighted by atomic mass is 32.2. The van der Waals surface area contributed by atoms with E-state index in [1.165, 1.54) is 47.0 Å². The lowest BCUT2D eigenvalue weighted by atomic mass is 10.2. The van der Waals surface area contributed by atoms with E-state index >= 15 is 0 Å². The Hall–Kier alpha value is -0.340. The molecule has 1 aromatic carbocycles. The Kier molecular flexibility index (Phi) is 5.36. The van der Waals surface area contributed by atoms with Crippen molar-refractivity contribution >= 4 is 28.4 Å². The normalized spacial score (nSPS) is 22.1. The van der Waals surface area contributed by atoms with Crippen LogP contribution in [0.3, 0.4) is 0 Å². The van der Waals surface area contributed by atoms with E-state index in [2.05, 4.69) is 48.2 Å². The summed E-state index contributed by atoms with van der Waals surface area (Å²) < 4.78 is 0. The van der Waals surface area contributed by atoms with E-state index in [1.54, 1.807) is 0 Å². The Morgan fingerprint density at radius 3 is 2.56 bits per heavy atom. The minimum absolute atomic E-state index is 1.23. The van der Waals surface area contributed by atoms with Crippen molar-refractivity contribution in [2.75, 3.05) is 17.3 Å². The summed E-state index contributed by atoms with van der Waals surface area (Å²) in [4.78, 5) is 1.48. The lowest BCUT2D eigenvalue weighted by Crippen LogP contribution is -1.91. The Bertz CT molecular complexity index is 330. The van der Waals surface area contributed by atoms with Gasteiger partial charge in [-0.15, -0.1) is 11.8 Å². The van der Waals surface area contributed by atoms with Crippen LogP contribution in [0.15, 0.2) is 36.4 Å². The molecule has 0 fully saturated rings. The molecular formula is C14H18S2. The third-order valence-electron chi connectivity index (χ3n) is 2.57. The van der Waals surface area contributed by atoms with Gasteiger partial charge in [0.1, 0.15) is 0 Å². The molecule has 0 N–H and O–H groups in total. The van der Waals surface area contributed by atoms with Gasteiger partial charge >= 0.3 is 0 Å². The summed E-state index contributed by atoms with van der Waals surface area (Å²) >= 11 is 4.13. The number of allylic oxidation sites excluding steroid dienone is 1. The van der Waals surface area contributed by atoms with Crippen LogP contribution in [0.5, 0.6) is 0 Å². The molecular weight excluding hydrogens is 232 g/mol. The van der Waals surface area contributed by atoms with Crippen LogP contribution in [0, 0.1) is 0 Å². The molecule has 0 saturated carbocycles. The molecule has 1 heterocycles. The summed E-state index contributed by atoms with van der Waals surface area (Å²) in [6, 6.07) is 10.8. The molecule has 1 aromatic rings. The first-order chi connectivity index (χ1) is 7.97. The van der Waals surface area contributed by atoms with Gasteiger partial charge in [0.15, 0.2) is 0 Å². The van der Waals surface area contributed by atoms with E-state index in [0.29, 0.717) is 0 Å². The van der Waals surface area contributed by atoms with Crippen molar-refractivity contribution in [2.45, 2.75) is 19.3 Å². The summed E-state index contributed by atoms with van der Waals surface area (Å²) in [7, 11) is 0. The second-order valence-corrected chi connectivity index (χ2v) is 6.25. The van der Waals surface area contributed by atoms with Crippen molar-refractivity contribution < 1.29 is 0 Å². The number of thioether (sulfide) groups is 2. The molecule has 0 radical (unpaired) electrons. The van der Waals surface area contributed by atoms with Crippen molar-refractivity contribution in [2.24, 2.45) is 0 Å². The largest absolute Gasteiger partial charge is 0.162 e. The van der Waals surface area contributed by atoms with Crippen LogP contribution in [0.1, 0.15) is 24.8 Å². The lowest BCUT2D eigenvalue weighted by molar-refractivity contribution is 0.970. The number of hydrogen-bond donors (Lipinski definition) is 0. The van der Waals surface area contributed by atoms with Gasteiger partial charge in [-0.25, -0.2) is 0 Å². The monoisotopic (exact) mass is 250 g/mol. The van der Waals surface area contributed by atoms with E-state index in [-0.39, 0.29) is 0 Å². The average molecular weight is 250 g/mol. The van der Waals surface area contributed by atoms with Crippen molar-refractivity contribution in [1.82, 2.24) is 0 Å². The molecule has 0 atom stereocenters. The Labute approximate surface area is 107 Å². The molecule has 86 valence electrons. The fourth-order valence-electron chi connectivity index (χ4n) is 1.73. The van der Waals surface area contributed by atoms with Crippen LogP contribution in [-0.2, 0) is 0 Å². The maximum absolute atomic E-state index is 2.42. The summed E-state index contributed by atoms with van der Waals surface area (Å²) in [5.41, 5.74) is 1.39. The van der Waals surface area contributed by atoms with Crippen molar-refractivity contribution in [1.29, 1.82) is 0 Å². The first kappa shape index (κ1) is 12.1. The van der Waals surface area contributed by atoms with E-state index in [0.717, 1.165) is 0 Å². The van der Waals surface area contributed by atoms with Gasteiger partial charge in [0.2, 0.25) is 0 Å². The van der Waals surface area contributed by atoms with Gasteiger partial charge in [-0.2, -0.15) is 11.8 Å². The Morgan fingerprint density at radius 2 is 1.69 bits per heavy atom. The third-order valence-corrected chi connectivity index (χ3v) is 4.93. The third kappa shape index (κ3) is 3.91. The van der Waals surface area contributed by atoms with E-state index < -0.39 is 0 Å². The van der Waals surface area contributed by atoms with Crippen LogP contribution in [0.25, 0.3) is 4.91 Å². The molecule has 2 rings (SSSR count). The minimum atomic E-state index is 1.23. The second-order valence-electron chi connectivity index (χ2n) is 3.89. The molecule has 0 bridgehead atoms. The zero-order valence-electron chi connectivity index (χ0n) is 9.52. The molecule has 1 aliphatic rings. The molecule has 2 heteroatoms. The smallest absolute Gasteiger partial charge is 0.0104 e. The van der Waals surface area contributed by atoms with Crippen molar-refractivity contribution in [3.8, 4) is 0 Å². The van der Waals surface area contributed by atoms with Gasteiger partial charge in [0, 0.05) is 4.91 Å². The number of rotatable bonds is 1. The van der Waals surface area contributed by atoms with Crippen LogP contribution in [0.4, 0.5) is 0 Å². The van der Waals surface area contributed by atoms with Gasteiger partial charge in [-0.3, -0.25) is 0 Å². The summed E-state index contributed by atoms with van der Waals surface area (Å²) in [6.45, 7) is 0. The molecule has 1 aliphatic heterocycles. The van der Waals surface area contributed by atoms with E-state index in [9.17, 15) is 0 Å². The van der Waals surface area contributed by atoms with Crippen molar-refractivity contribution in [3.63, 3.8) is 0 Å². The minimum Gasteiger partial charge on any atom is -0.162 e. The Morgan fingerprint density at radius 1 is 0.875 bits per heavy atom. The van der Waals surface area contributed by atoms with Gasteiger partial charge in [-0.05, 0) is 42.1 Å². The highest BCUT2D eigenvalue weighted by molar-refractivity contribution is 8.08. The lowest BCUT2D eigenvalue weighted by Gasteiger charge is -2.10. The Balaban J connectivity index is 2.07. The molecule has 0 aromatic heterocycles. The average Bonchev–Trinajstić information content (AvgIpc) is 2.37. The zero-order chi connectivity index (χ0) is 11.1. The SMILES string of the molecule is C1=C(/c2ccccc2)SCCCSCCC/1. The number of benzene rings is 1. The molecule has 16 heavy (non-hydrogen) atoms. The standard InChI is InChI=1S/C14H18S2/c1-2-7-13(8-3-1)14-9-4-5-10-15-11-6-12-16-14/h1-3,7-9H,4-6,10-12H2/b14-9-. The maximum atomic E-state index is 2.42. The predicted molar refractivity (Wildman–Crippen MR) is 78.1 cm³/mol. The van der Waals surface area contributed by atoms with Crippen molar-refractivity contribution in [3.05, 3.63) is 42.0 Å². The highest BCUT2D eigenvalue weighted by Gasteiger charge is 2.03. The van der Waals surface area contributed by atoms with E-state index in [4.69, 9.17) is 0 Å².